The number of amides is 2. The third-order valence-electron chi connectivity index (χ3n) is 1.68. The van der Waals surface area contributed by atoms with Crippen molar-refractivity contribution in [3.63, 3.8) is 0 Å². The van der Waals surface area contributed by atoms with E-state index in [2.05, 4.69) is 5.10 Å². The molecule has 72 valence electrons. The molecule has 3 N–H and O–H groups in total. The summed E-state index contributed by atoms with van der Waals surface area (Å²) in [5.74, 6) is -0.515. The van der Waals surface area contributed by atoms with Gasteiger partial charge in [0.15, 0.2) is 5.71 Å². The van der Waals surface area contributed by atoms with Crippen LogP contribution < -0.4 is 11.2 Å². The number of hydrogen-bond donors (Lipinski definition) is 2. The first kappa shape index (κ1) is 9.50. The van der Waals surface area contributed by atoms with Crippen molar-refractivity contribution in [1.82, 2.24) is 5.43 Å². The second-order valence-electron chi connectivity index (χ2n) is 3.40. The van der Waals surface area contributed by atoms with Crippen LogP contribution in [0.2, 0.25) is 0 Å². The van der Waals surface area contributed by atoms with Crippen LogP contribution in [0.3, 0.4) is 0 Å². The van der Waals surface area contributed by atoms with E-state index in [4.69, 9.17) is 10.5 Å². The van der Waals surface area contributed by atoms with Crippen LogP contribution in [0.4, 0.5) is 4.79 Å². The number of nitrogens with one attached hydrogen (secondary N) is 1. The van der Waals surface area contributed by atoms with Crippen molar-refractivity contribution in [3.8, 4) is 0 Å². The Morgan fingerprint density at radius 3 is 2.69 bits per heavy atom. The number of esters is 1. The molecule has 0 aromatic rings. The van der Waals surface area contributed by atoms with E-state index in [0.717, 1.165) is 0 Å². The largest absolute Gasteiger partial charge is 0.460 e. The highest BCUT2D eigenvalue weighted by atomic mass is 16.5. The van der Waals surface area contributed by atoms with Crippen molar-refractivity contribution in [2.75, 3.05) is 6.61 Å². The molecule has 1 saturated heterocycles. The second kappa shape index (κ2) is 3.04. The van der Waals surface area contributed by atoms with Gasteiger partial charge in [-0.15, -0.1) is 0 Å². The van der Waals surface area contributed by atoms with Crippen LogP contribution in [-0.4, -0.2) is 24.3 Å². The Balaban J connectivity index is 2.81. The molecule has 0 aliphatic carbocycles. The fourth-order valence-corrected chi connectivity index (χ4v) is 0.967. The minimum Gasteiger partial charge on any atom is -0.460 e. The molecule has 0 unspecified atom stereocenters. The van der Waals surface area contributed by atoms with Crippen molar-refractivity contribution in [1.29, 1.82) is 0 Å². The van der Waals surface area contributed by atoms with Crippen molar-refractivity contribution in [2.24, 2.45) is 16.3 Å². The molecule has 0 bridgehead atoms. The van der Waals surface area contributed by atoms with E-state index in [1.54, 1.807) is 13.8 Å². The molecule has 0 spiro atoms. The number of carbonyl (C=O) groups excluding carboxylic acids is 2. The van der Waals surface area contributed by atoms with E-state index in [0.29, 0.717) is 0 Å². The second-order valence-corrected chi connectivity index (χ2v) is 3.40. The van der Waals surface area contributed by atoms with Gasteiger partial charge in [0.05, 0.1) is 5.41 Å². The van der Waals surface area contributed by atoms with Gasteiger partial charge < -0.3 is 10.5 Å². The summed E-state index contributed by atoms with van der Waals surface area (Å²) in [6.45, 7) is 3.85. The van der Waals surface area contributed by atoms with Crippen LogP contribution in [0, 0.1) is 5.41 Å². The minimum absolute atomic E-state index is 0.186. The third-order valence-corrected chi connectivity index (χ3v) is 1.68. The fraction of sp³-hybridized carbons (Fsp3) is 0.571. The highest BCUT2D eigenvalue weighted by Crippen LogP contribution is 2.24. The zero-order valence-electron chi connectivity index (χ0n) is 7.46. The first-order chi connectivity index (χ1) is 5.93. The maximum Gasteiger partial charge on any atom is 0.355 e. The SMILES string of the molecule is CC1(C)COC(=O)/C1=N\NC(N)=O. The molecule has 0 atom stereocenters. The topological polar surface area (TPSA) is 93.8 Å². The molecule has 0 saturated carbocycles. The van der Waals surface area contributed by atoms with Gasteiger partial charge in [-0.05, 0) is 0 Å². The lowest BCUT2D eigenvalue weighted by Gasteiger charge is -2.11. The van der Waals surface area contributed by atoms with Crippen LogP contribution in [0.1, 0.15) is 13.8 Å². The number of hydrazone groups is 1. The lowest BCUT2D eigenvalue weighted by Crippen LogP contribution is -2.31. The molecule has 0 aromatic heterocycles. The average molecular weight is 185 g/mol. The number of carbonyl (C=O) groups is 2. The van der Waals surface area contributed by atoms with Gasteiger partial charge in [-0.2, -0.15) is 5.10 Å². The Morgan fingerprint density at radius 2 is 2.31 bits per heavy atom. The number of cyclic esters (lactones) is 1. The maximum absolute atomic E-state index is 11.1. The summed E-state index contributed by atoms with van der Waals surface area (Å²) in [5.41, 5.74) is 6.51. The Kier molecular flexibility index (Phi) is 2.22. The molecule has 2 amide bonds. The summed E-state index contributed by atoms with van der Waals surface area (Å²) in [6.07, 6.45) is 0. The molecule has 13 heavy (non-hydrogen) atoms. The van der Waals surface area contributed by atoms with Gasteiger partial charge in [-0.3, -0.25) is 0 Å². The highest BCUT2D eigenvalue weighted by Gasteiger charge is 2.40. The van der Waals surface area contributed by atoms with Gasteiger partial charge in [-0.25, -0.2) is 15.0 Å². The number of ether oxygens (including phenoxy) is 1. The molecule has 0 radical (unpaired) electrons. The number of urea groups is 1. The molecule has 6 heteroatoms. The van der Waals surface area contributed by atoms with Crippen LogP contribution in [0.15, 0.2) is 5.10 Å². The summed E-state index contributed by atoms with van der Waals surface area (Å²) in [4.78, 5) is 21.4. The summed E-state index contributed by atoms with van der Waals surface area (Å²) in [6, 6.07) is -0.803. The van der Waals surface area contributed by atoms with Crippen LogP contribution in [-0.2, 0) is 9.53 Å². The standard InChI is InChI=1S/C7H11N3O3/c1-7(2)3-13-5(11)4(7)9-10-6(8)12/h3H2,1-2H3,(H3,8,10,12)/b9-4+. The van der Waals surface area contributed by atoms with Crippen LogP contribution in [0.25, 0.3) is 0 Å². The zero-order chi connectivity index (χ0) is 10.1. The van der Waals surface area contributed by atoms with Crippen molar-refractivity contribution in [3.05, 3.63) is 0 Å². The van der Waals surface area contributed by atoms with Gasteiger partial charge >= 0.3 is 12.0 Å². The van der Waals surface area contributed by atoms with Crippen molar-refractivity contribution < 1.29 is 14.3 Å². The normalized spacial score (nSPS) is 22.9. The van der Waals surface area contributed by atoms with Gasteiger partial charge in [0.2, 0.25) is 0 Å². The zero-order valence-corrected chi connectivity index (χ0v) is 7.46. The van der Waals surface area contributed by atoms with Gasteiger partial charge in [0, 0.05) is 0 Å². The molecular weight excluding hydrogens is 174 g/mol. The first-order valence-corrected chi connectivity index (χ1v) is 3.74. The lowest BCUT2D eigenvalue weighted by molar-refractivity contribution is -0.133. The number of hydrogen-bond acceptors (Lipinski definition) is 4. The van der Waals surface area contributed by atoms with Gasteiger partial charge in [0.25, 0.3) is 0 Å². The molecule has 1 fully saturated rings. The van der Waals surface area contributed by atoms with Crippen LogP contribution in [0.5, 0.6) is 0 Å². The minimum atomic E-state index is -0.803. The predicted molar refractivity (Wildman–Crippen MR) is 44.9 cm³/mol. The van der Waals surface area contributed by atoms with E-state index >= 15 is 0 Å². The number of nitrogens with zero attached hydrogens (tertiary/aromatic N) is 1. The Labute approximate surface area is 75.1 Å². The Morgan fingerprint density at radius 1 is 1.69 bits per heavy atom. The molecule has 1 heterocycles. The van der Waals surface area contributed by atoms with E-state index in [1.807, 2.05) is 5.43 Å². The first-order valence-electron chi connectivity index (χ1n) is 3.74. The number of primary amides is 1. The molecule has 0 aromatic carbocycles. The monoisotopic (exact) mass is 185 g/mol. The number of nitrogens with two attached hydrogens (primary N) is 1. The van der Waals surface area contributed by atoms with E-state index < -0.39 is 17.4 Å². The van der Waals surface area contributed by atoms with Gasteiger partial charge in [0.1, 0.15) is 6.61 Å². The Hall–Kier alpha value is -1.59. The quantitative estimate of drug-likeness (QED) is 0.429. The summed E-state index contributed by atoms with van der Waals surface area (Å²) < 4.78 is 4.75. The fourth-order valence-electron chi connectivity index (χ4n) is 0.967. The lowest BCUT2D eigenvalue weighted by atomic mass is 9.91. The maximum atomic E-state index is 11.1. The average Bonchev–Trinajstić information content (AvgIpc) is 2.23. The smallest absolute Gasteiger partial charge is 0.355 e. The molecule has 1 rings (SSSR count). The molecule has 1 aliphatic heterocycles. The van der Waals surface area contributed by atoms with Crippen LogP contribution >= 0.6 is 0 Å². The summed E-state index contributed by atoms with van der Waals surface area (Å²) in [5, 5.41) is 3.57. The molecule has 1 aliphatic rings. The van der Waals surface area contributed by atoms with Gasteiger partial charge in [-0.1, -0.05) is 13.8 Å². The van der Waals surface area contributed by atoms with Crippen molar-refractivity contribution in [2.45, 2.75) is 13.8 Å². The van der Waals surface area contributed by atoms with Crippen molar-refractivity contribution >= 4 is 17.7 Å². The predicted octanol–water partition coefficient (Wildman–Crippen LogP) is -0.406. The van der Waals surface area contributed by atoms with E-state index in [1.165, 1.54) is 0 Å². The summed E-state index contributed by atoms with van der Waals surface area (Å²) >= 11 is 0. The third kappa shape index (κ3) is 1.95. The molecule has 6 nitrogen and oxygen atoms in total. The summed E-state index contributed by atoms with van der Waals surface area (Å²) in [7, 11) is 0. The number of rotatable bonds is 1. The highest BCUT2D eigenvalue weighted by molar-refractivity contribution is 6.40. The van der Waals surface area contributed by atoms with E-state index in [9.17, 15) is 9.59 Å². The van der Waals surface area contributed by atoms with E-state index in [-0.39, 0.29) is 12.3 Å². The molecular formula is C7H11N3O3. The Bertz CT molecular complexity index is 283.